The summed E-state index contributed by atoms with van der Waals surface area (Å²) in [6.07, 6.45) is 4.88. The third-order valence-corrected chi connectivity index (χ3v) is 5.06. The summed E-state index contributed by atoms with van der Waals surface area (Å²) in [5, 5.41) is 9.64. The minimum absolute atomic E-state index is 0.291. The van der Waals surface area contributed by atoms with Crippen molar-refractivity contribution in [2.45, 2.75) is 45.6 Å². The zero-order chi connectivity index (χ0) is 13.1. The molecule has 0 amide bonds. The molecule has 0 aliphatic carbocycles. The van der Waals surface area contributed by atoms with Crippen molar-refractivity contribution < 1.29 is 13.5 Å². The van der Waals surface area contributed by atoms with Crippen LogP contribution in [0.3, 0.4) is 0 Å². The van der Waals surface area contributed by atoms with Crippen LogP contribution in [0.15, 0.2) is 0 Å². The van der Waals surface area contributed by atoms with Gasteiger partial charge in [-0.15, -0.1) is 0 Å². The van der Waals surface area contributed by atoms with E-state index in [-0.39, 0.29) is 6.10 Å². The number of nitrogens with zero attached hydrogens (tertiary/aromatic N) is 1. The van der Waals surface area contributed by atoms with Gasteiger partial charge in [0.05, 0.1) is 12.4 Å². The summed E-state index contributed by atoms with van der Waals surface area (Å²) in [6, 6.07) is 0. The lowest BCUT2D eigenvalue weighted by atomic mass is 9.85. The Bertz CT molecular complexity index is 327. The van der Waals surface area contributed by atoms with Crippen molar-refractivity contribution in [3.05, 3.63) is 0 Å². The molecular formula is C12H25NO3S. The maximum absolute atomic E-state index is 11.5. The standard InChI is InChI=1S/C12H25NO3S/c1-4-12(10(2)14)8-11-6-5-7-13(9-11)17(3,15)16/h10-12,14H,4-9H2,1-3H3. The van der Waals surface area contributed by atoms with E-state index in [1.54, 1.807) is 4.31 Å². The fraction of sp³-hybridized carbons (Fsp3) is 1.00. The van der Waals surface area contributed by atoms with Gasteiger partial charge in [0.1, 0.15) is 0 Å². The summed E-state index contributed by atoms with van der Waals surface area (Å²) in [6.45, 7) is 5.18. The van der Waals surface area contributed by atoms with E-state index in [0.29, 0.717) is 24.9 Å². The van der Waals surface area contributed by atoms with Gasteiger partial charge in [-0.3, -0.25) is 0 Å². The third-order valence-electron chi connectivity index (χ3n) is 3.79. The molecule has 0 aromatic rings. The van der Waals surface area contributed by atoms with Gasteiger partial charge in [0.25, 0.3) is 0 Å². The van der Waals surface area contributed by atoms with Crippen molar-refractivity contribution in [2.75, 3.05) is 19.3 Å². The van der Waals surface area contributed by atoms with Crippen LogP contribution < -0.4 is 0 Å². The van der Waals surface area contributed by atoms with E-state index >= 15 is 0 Å². The molecule has 1 heterocycles. The first-order chi connectivity index (χ1) is 7.84. The second-order valence-electron chi connectivity index (χ2n) is 5.27. The number of piperidine rings is 1. The average molecular weight is 263 g/mol. The predicted octanol–water partition coefficient (Wildman–Crippen LogP) is 1.46. The second kappa shape index (κ2) is 6.16. The minimum Gasteiger partial charge on any atom is -0.393 e. The van der Waals surface area contributed by atoms with Crippen molar-refractivity contribution in [2.24, 2.45) is 11.8 Å². The van der Waals surface area contributed by atoms with Crippen LogP contribution in [0.25, 0.3) is 0 Å². The lowest BCUT2D eigenvalue weighted by molar-refractivity contribution is 0.0962. The zero-order valence-corrected chi connectivity index (χ0v) is 11.9. The number of hydrogen-bond donors (Lipinski definition) is 1. The maximum Gasteiger partial charge on any atom is 0.211 e. The topological polar surface area (TPSA) is 57.6 Å². The van der Waals surface area contributed by atoms with Crippen LogP contribution >= 0.6 is 0 Å². The fourth-order valence-corrected chi connectivity index (χ4v) is 3.60. The highest BCUT2D eigenvalue weighted by Crippen LogP contribution is 2.27. The lowest BCUT2D eigenvalue weighted by Gasteiger charge is -2.33. The van der Waals surface area contributed by atoms with Gasteiger partial charge in [-0.2, -0.15) is 0 Å². The van der Waals surface area contributed by atoms with Gasteiger partial charge >= 0.3 is 0 Å². The predicted molar refractivity (Wildman–Crippen MR) is 69.2 cm³/mol. The Balaban J connectivity index is 2.55. The Morgan fingerprint density at radius 1 is 1.47 bits per heavy atom. The fourth-order valence-electron chi connectivity index (χ4n) is 2.65. The van der Waals surface area contributed by atoms with Gasteiger partial charge in [-0.1, -0.05) is 13.3 Å². The molecule has 0 spiro atoms. The van der Waals surface area contributed by atoms with Crippen molar-refractivity contribution >= 4 is 10.0 Å². The van der Waals surface area contributed by atoms with Crippen molar-refractivity contribution in [1.29, 1.82) is 0 Å². The van der Waals surface area contributed by atoms with E-state index in [2.05, 4.69) is 6.92 Å². The Labute approximate surface area is 105 Å². The molecule has 0 aromatic heterocycles. The largest absolute Gasteiger partial charge is 0.393 e. The van der Waals surface area contributed by atoms with Crippen LogP contribution in [-0.2, 0) is 10.0 Å². The molecule has 0 saturated carbocycles. The smallest absolute Gasteiger partial charge is 0.211 e. The molecule has 0 radical (unpaired) electrons. The quantitative estimate of drug-likeness (QED) is 0.817. The van der Waals surface area contributed by atoms with Crippen LogP contribution in [0.5, 0.6) is 0 Å². The number of hydrogen-bond acceptors (Lipinski definition) is 3. The SMILES string of the molecule is CCC(CC1CCCN(S(C)(=O)=O)C1)C(C)O. The third kappa shape index (κ3) is 4.56. The van der Waals surface area contributed by atoms with Crippen LogP contribution in [0.4, 0.5) is 0 Å². The van der Waals surface area contributed by atoms with Gasteiger partial charge in [0.2, 0.25) is 10.0 Å². The molecule has 17 heavy (non-hydrogen) atoms. The van der Waals surface area contributed by atoms with Gasteiger partial charge in [-0.05, 0) is 38.0 Å². The van der Waals surface area contributed by atoms with Gasteiger partial charge in [0.15, 0.2) is 0 Å². The van der Waals surface area contributed by atoms with Crippen LogP contribution in [0, 0.1) is 11.8 Å². The molecule has 1 aliphatic heterocycles. The number of rotatable bonds is 5. The van der Waals surface area contributed by atoms with Crippen molar-refractivity contribution in [3.63, 3.8) is 0 Å². The monoisotopic (exact) mass is 263 g/mol. The number of aliphatic hydroxyl groups excluding tert-OH is 1. The molecule has 1 fully saturated rings. The first kappa shape index (κ1) is 14.9. The van der Waals surface area contributed by atoms with E-state index in [1.165, 1.54) is 6.26 Å². The van der Waals surface area contributed by atoms with Crippen molar-refractivity contribution in [3.8, 4) is 0 Å². The molecule has 1 N–H and O–H groups in total. The molecule has 1 saturated heterocycles. The Morgan fingerprint density at radius 3 is 2.59 bits per heavy atom. The van der Waals surface area contributed by atoms with E-state index < -0.39 is 10.0 Å². The Morgan fingerprint density at radius 2 is 2.12 bits per heavy atom. The van der Waals surface area contributed by atoms with Gasteiger partial charge in [0, 0.05) is 13.1 Å². The lowest BCUT2D eigenvalue weighted by Crippen LogP contribution is -2.40. The summed E-state index contributed by atoms with van der Waals surface area (Å²) < 4.78 is 24.6. The van der Waals surface area contributed by atoms with Crippen molar-refractivity contribution in [1.82, 2.24) is 4.31 Å². The molecule has 5 heteroatoms. The highest BCUT2D eigenvalue weighted by Gasteiger charge is 2.28. The van der Waals surface area contributed by atoms with Gasteiger partial charge < -0.3 is 5.11 Å². The summed E-state index contributed by atoms with van der Waals surface area (Å²) in [5.41, 5.74) is 0. The summed E-state index contributed by atoms with van der Waals surface area (Å²) >= 11 is 0. The molecule has 1 rings (SSSR count). The number of sulfonamides is 1. The molecule has 0 bridgehead atoms. The zero-order valence-electron chi connectivity index (χ0n) is 11.1. The van der Waals surface area contributed by atoms with E-state index in [4.69, 9.17) is 0 Å². The van der Waals surface area contributed by atoms with E-state index in [1.807, 2.05) is 6.92 Å². The molecule has 3 atom stereocenters. The molecular weight excluding hydrogens is 238 g/mol. The summed E-state index contributed by atoms with van der Waals surface area (Å²) in [7, 11) is -3.05. The molecule has 3 unspecified atom stereocenters. The number of aliphatic hydroxyl groups is 1. The second-order valence-corrected chi connectivity index (χ2v) is 7.26. The maximum atomic E-state index is 11.5. The molecule has 1 aliphatic rings. The highest BCUT2D eigenvalue weighted by molar-refractivity contribution is 7.88. The van der Waals surface area contributed by atoms with Crippen LogP contribution in [0.2, 0.25) is 0 Å². The molecule has 102 valence electrons. The summed E-state index contributed by atoms with van der Waals surface area (Å²) in [4.78, 5) is 0. The first-order valence-electron chi connectivity index (χ1n) is 6.47. The Kier molecular flexibility index (Phi) is 5.41. The van der Waals surface area contributed by atoms with Gasteiger partial charge in [-0.25, -0.2) is 12.7 Å². The van der Waals surface area contributed by atoms with Crippen LogP contribution in [-0.4, -0.2) is 43.3 Å². The normalized spacial score (nSPS) is 26.7. The van der Waals surface area contributed by atoms with E-state index in [0.717, 1.165) is 25.7 Å². The van der Waals surface area contributed by atoms with E-state index in [9.17, 15) is 13.5 Å². The summed E-state index contributed by atoms with van der Waals surface area (Å²) in [5.74, 6) is 0.692. The molecule has 4 nitrogen and oxygen atoms in total. The molecule has 0 aromatic carbocycles. The van der Waals surface area contributed by atoms with Crippen LogP contribution in [0.1, 0.15) is 39.5 Å². The minimum atomic E-state index is -3.05. The average Bonchev–Trinajstić information content (AvgIpc) is 2.24. The highest BCUT2D eigenvalue weighted by atomic mass is 32.2. The Hall–Kier alpha value is -0.130. The first-order valence-corrected chi connectivity index (χ1v) is 8.32.